The van der Waals surface area contributed by atoms with Crippen LogP contribution in [0.5, 0.6) is 0 Å². The van der Waals surface area contributed by atoms with E-state index in [1.807, 2.05) is 0 Å². The number of rotatable bonds is 5. The van der Waals surface area contributed by atoms with Crippen molar-refractivity contribution in [2.24, 2.45) is 0 Å². The summed E-state index contributed by atoms with van der Waals surface area (Å²) >= 11 is 0. The number of aromatic nitrogens is 3. The predicted molar refractivity (Wildman–Crippen MR) is 92.4 cm³/mol. The van der Waals surface area contributed by atoms with E-state index in [-0.39, 0.29) is 29.5 Å². The van der Waals surface area contributed by atoms with Crippen LogP contribution in [0.15, 0.2) is 36.4 Å². The van der Waals surface area contributed by atoms with Crippen molar-refractivity contribution in [2.45, 2.75) is 12.6 Å². The van der Waals surface area contributed by atoms with Crippen molar-refractivity contribution < 1.29 is 18.3 Å². The number of nitrogen functional groups attached to an aromatic ring is 1. The van der Waals surface area contributed by atoms with Gasteiger partial charge in [-0.15, -0.1) is 0 Å². The van der Waals surface area contributed by atoms with Crippen LogP contribution in [0.25, 0.3) is 22.3 Å². The first-order valence-electron chi connectivity index (χ1n) is 7.86. The third-order valence-corrected chi connectivity index (χ3v) is 3.71. The van der Waals surface area contributed by atoms with Gasteiger partial charge in [-0.25, -0.2) is 4.98 Å². The van der Waals surface area contributed by atoms with E-state index in [1.165, 1.54) is 24.3 Å². The molecule has 0 aliphatic heterocycles. The minimum atomic E-state index is -4.49. The fraction of sp³-hybridized carbons (Fsp3) is 0.235. The molecule has 1 aromatic carbocycles. The molecule has 3 rings (SSSR count). The molecule has 0 saturated heterocycles. The van der Waals surface area contributed by atoms with Crippen LogP contribution in [0, 0.1) is 0 Å². The highest BCUT2D eigenvalue weighted by Gasteiger charge is 2.33. The number of aliphatic hydroxyl groups excluding tert-OH is 1. The average molecular weight is 363 g/mol. The molecule has 6 nitrogen and oxygen atoms in total. The van der Waals surface area contributed by atoms with E-state index in [2.05, 4.69) is 20.3 Å². The molecule has 2 heterocycles. The first kappa shape index (κ1) is 17.9. The maximum atomic E-state index is 13.2. The van der Waals surface area contributed by atoms with Crippen molar-refractivity contribution >= 4 is 22.8 Å². The molecule has 9 heteroatoms. The van der Waals surface area contributed by atoms with Gasteiger partial charge in [0.2, 0.25) is 5.95 Å². The molecule has 0 aliphatic carbocycles. The lowest BCUT2D eigenvalue weighted by Gasteiger charge is -2.13. The molecule has 0 fully saturated rings. The summed E-state index contributed by atoms with van der Waals surface area (Å²) in [7, 11) is 0. The molecule has 0 bridgehead atoms. The topological polar surface area (TPSA) is 97.0 Å². The number of fused-ring (bicyclic) bond motifs is 1. The largest absolute Gasteiger partial charge is 0.417 e. The molecule has 2 aromatic heterocycles. The quantitative estimate of drug-likeness (QED) is 0.603. The molecular formula is C17H16F3N5O. The number of hydrogen-bond donors (Lipinski definition) is 3. The van der Waals surface area contributed by atoms with E-state index in [1.54, 1.807) is 6.07 Å². The molecule has 0 radical (unpaired) electrons. The summed E-state index contributed by atoms with van der Waals surface area (Å²) in [6.45, 7) is 0.475. The van der Waals surface area contributed by atoms with Crippen molar-refractivity contribution in [1.82, 2.24) is 15.0 Å². The number of alkyl halides is 3. The van der Waals surface area contributed by atoms with Crippen molar-refractivity contribution in [3.05, 3.63) is 42.0 Å². The highest BCUT2D eigenvalue weighted by Crippen LogP contribution is 2.36. The molecule has 0 spiro atoms. The lowest BCUT2D eigenvalue weighted by Crippen LogP contribution is -2.09. The van der Waals surface area contributed by atoms with Gasteiger partial charge in [-0.2, -0.15) is 23.1 Å². The van der Waals surface area contributed by atoms with Crippen LogP contribution in [0.4, 0.5) is 24.9 Å². The van der Waals surface area contributed by atoms with E-state index >= 15 is 0 Å². The van der Waals surface area contributed by atoms with Gasteiger partial charge in [0.1, 0.15) is 5.82 Å². The Morgan fingerprint density at radius 2 is 1.81 bits per heavy atom. The highest BCUT2D eigenvalue weighted by molar-refractivity contribution is 5.89. The minimum Gasteiger partial charge on any atom is -0.396 e. The lowest BCUT2D eigenvalue weighted by atomic mass is 10.0. The van der Waals surface area contributed by atoms with E-state index in [0.717, 1.165) is 6.07 Å². The summed E-state index contributed by atoms with van der Waals surface area (Å²) in [5.74, 6) is 0.377. The summed E-state index contributed by atoms with van der Waals surface area (Å²) in [4.78, 5) is 12.4. The van der Waals surface area contributed by atoms with Gasteiger partial charge in [-0.3, -0.25) is 0 Å². The SMILES string of the molecule is Nc1nc(NCCCO)c2ccc(-c3ccccc3C(F)(F)F)nc2n1. The van der Waals surface area contributed by atoms with Gasteiger partial charge >= 0.3 is 6.18 Å². The van der Waals surface area contributed by atoms with E-state index < -0.39 is 11.7 Å². The van der Waals surface area contributed by atoms with Crippen LogP contribution in [-0.4, -0.2) is 33.2 Å². The van der Waals surface area contributed by atoms with Crippen LogP contribution in [0.3, 0.4) is 0 Å². The van der Waals surface area contributed by atoms with E-state index in [4.69, 9.17) is 10.8 Å². The first-order valence-corrected chi connectivity index (χ1v) is 7.86. The number of nitrogens with one attached hydrogen (secondary N) is 1. The number of hydrogen-bond acceptors (Lipinski definition) is 6. The maximum Gasteiger partial charge on any atom is 0.417 e. The Bertz CT molecular complexity index is 930. The second-order valence-corrected chi connectivity index (χ2v) is 5.55. The third-order valence-electron chi connectivity index (χ3n) is 3.71. The second kappa shape index (κ2) is 7.12. The zero-order valence-corrected chi connectivity index (χ0v) is 13.6. The molecule has 0 unspecified atom stereocenters. The zero-order valence-electron chi connectivity index (χ0n) is 13.6. The van der Waals surface area contributed by atoms with Gasteiger partial charge in [0.25, 0.3) is 0 Å². The van der Waals surface area contributed by atoms with Crippen LogP contribution in [-0.2, 0) is 6.18 Å². The van der Waals surface area contributed by atoms with E-state index in [0.29, 0.717) is 24.2 Å². The Morgan fingerprint density at radius 1 is 1.04 bits per heavy atom. The van der Waals surface area contributed by atoms with Crippen molar-refractivity contribution in [1.29, 1.82) is 0 Å². The number of benzene rings is 1. The Labute approximate surface area is 146 Å². The zero-order chi connectivity index (χ0) is 18.7. The Hall–Kier alpha value is -2.94. The summed E-state index contributed by atoms with van der Waals surface area (Å²) in [6.07, 6.45) is -3.98. The standard InChI is InChI=1S/C17H16F3N5O/c18-17(19,20)12-5-2-1-4-10(12)13-7-6-11-14(22-8-3-9-26)24-16(21)25-15(11)23-13/h1-2,4-7,26H,3,8-9H2,(H3,21,22,23,24,25). The Morgan fingerprint density at radius 3 is 2.54 bits per heavy atom. The van der Waals surface area contributed by atoms with Crippen LogP contribution >= 0.6 is 0 Å². The van der Waals surface area contributed by atoms with Crippen molar-refractivity contribution in [2.75, 3.05) is 24.2 Å². The van der Waals surface area contributed by atoms with Gasteiger partial charge in [-0.05, 0) is 24.6 Å². The molecule has 0 amide bonds. The summed E-state index contributed by atoms with van der Waals surface area (Å²) in [5, 5.41) is 12.4. The number of nitrogens with two attached hydrogens (primary N) is 1. The Kier molecular flexibility index (Phi) is 4.90. The number of halogens is 3. The molecule has 0 atom stereocenters. The number of nitrogens with zero attached hydrogens (tertiary/aromatic N) is 3. The molecule has 4 N–H and O–H groups in total. The van der Waals surface area contributed by atoms with Crippen LogP contribution in [0.2, 0.25) is 0 Å². The van der Waals surface area contributed by atoms with Crippen molar-refractivity contribution in [3.8, 4) is 11.3 Å². The van der Waals surface area contributed by atoms with Crippen LogP contribution in [0.1, 0.15) is 12.0 Å². The first-order chi connectivity index (χ1) is 12.4. The molecule has 0 saturated carbocycles. The van der Waals surface area contributed by atoms with Gasteiger partial charge in [-0.1, -0.05) is 18.2 Å². The average Bonchev–Trinajstić information content (AvgIpc) is 2.60. The third kappa shape index (κ3) is 3.67. The summed E-state index contributed by atoms with van der Waals surface area (Å²) < 4.78 is 39.7. The lowest BCUT2D eigenvalue weighted by molar-refractivity contribution is -0.137. The maximum absolute atomic E-state index is 13.2. The second-order valence-electron chi connectivity index (χ2n) is 5.55. The minimum absolute atomic E-state index is 0.0160. The van der Waals surface area contributed by atoms with Gasteiger partial charge in [0.05, 0.1) is 16.6 Å². The van der Waals surface area contributed by atoms with Gasteiger partial charge in [0.15, 0.2) is 5.65 Å². The van der Waals surface area contributed by atoms with Crippen LogP contribution < -0.4 is 11.1 Å². The Balaban J connectivity index is 2.09. The number of aliphatic hydroxyl groups is 1. The predicted octanol–water partition coefficient (Wildman–Crippen LogP) is 3.09. The number of pyridine rings is 1. The molecular weight excluding hydrogens is 347 g/mol. The summed E-state index contributed by atoms with van der Waals surface area (Å²) in [5.41, 5.74) is 5.22. The van der Waals surface area contributed by atoms with Gasteiger partial charge in [0, 0.05) is 18.7 Å². The molecule has 26 heavy (non-hydrogen) atoms. The highest BCUT2D eigenvalue weighted by atomic mass is 19.4. The van der Waals surface area contributed by atoms with E-state index in [9.17, 15) is 13.2 Å². The molecule has 3 aromatic rings. The van der Waals surface area contributed by atoms with Gasteiger partial charge < -0.3 is 16.2 Å². The fourth-order valence-corrected chi connectivity index (χ4v) is 2.55. The monoisotopic (exact) mass is 363 g/mol. The van der Waals surface area contributed by atoms with Crippen molar-refractivity contribution in [3.63, 3.8) is 0 Å². The fourth-order valence-electron chi connectivity index (χ4n) is 2.55. The molecule has 136 valence electrons. The smallest absolute Gasteiger partial charge is 0.396 e. The molecule has 0 aliphatic rings. The number of anilines is 2. The normalized spacial score (nSPS) is 11.7. The summed E-state index contributed by atoms with van der Waals surface area (Å²) in [6, 6.07) is 8.32.